The molecule has 0 aromatic rings. The highest BCUT2D eigenvalue weighted by Gasteiger charge is 2.54. The summed E-state index contributed by atoms with van der Waals surface area (Å²) in [5.74, 6) is -3.28. The summed E-state index contributed by atoms with van der Waals surface area (Å²) in [6.07, 6.45) is -2.71. The first-order chi connectivity index (χ1) is 23.6. The topological polar surface area (TPSA) is 149 Å². The number of hydrogen-bond donors (Lipinski definition) is 0. The summed E-state index contributed by atoms with van der Waals surface area (Å²) in [4.78, 5) is 40.4. The van der Waals surface area contributed by atoms with Gasteiger partial charge in [-0.25, -0.2) is 9.59 Å². The van der Waals surface area contributed by atoms with Gasteiger partial charge in [-0.15, -0.1) is 0 Å². The van der Waals surface area contributed by atoms with Crippen molar-refractivity contribution in [2.45, 2.75) is 172 Å². The Kier molecular flexibility index (Phi) is 21.0. The molecule has 14 nitrogen and oxygen atoms in total. The second kappa shape index (κ2) is 21.4. The fourth-order valence-corrected chi connectivity index (χ4v) is 11.0. The maximum absolute atomic E-state index is 14.5. The van der Waals surface area contributed by atoms with Gasteiger partial charge in [0.2, 0.25) is 0 Å². The zero-order valence-corrected chi connectivity index (χ0v) is 37.4. The summed E-state index contributed by atoms with van der Waals surface area (Å²) >= 11 is 0. The highest BCUT2D eigenvalue weighted by atomic mass is 31.2. The van der Waals surface area contributed by atoms with Crippen LogP contribution in [0.15, 0.2) is 0 Å². The molecule has 0 aromatic carbocycles. The molecule has 0 heterocycles. The Bertz CT molecular complexity index is 1060. The van der Waals surface area contributed by atoms with Crippen molar-refractivity contribution in [1.82, 2.24) is 10.1 Å². The van der Waals surface area contributed by atoms with Gasteiger partial charge in [0, 0.05) is 11.1 Å². The van der Waals surface area contributed by atoms with Crippen LogP contribution in [0.4, 0.5) is 0 Å². The van der Waals surface area contributed by atoms with E-state index in [1.54, 1.807) is 41.5 Å². The van der Waals surface area contributed by atoms with E-state index in [1.165, 1.54) is 10.1 Å². The molecular formula is C36H74N2O12P2. The minimum absolute atomic E-state index is 0.0697. The van der Waals surface area contributed by atoms with Crippen molar-refractivity contribution in [3.63, 3.8) is 0 Å². The summed E-state index contributed by atoms with van der Waals surface area (Å²) in [6.45, 7) is 33.5. The molecular weight excluding hydrogens is 714 g/mol. The molecule has 0 bridgehead atoms. The fourth-order valence-electron chi connectivity index (χ4n) is 5.63. The minimum atomic E-state index is -3.87. The number of esters is 2. The standard InChI is InChI=1S/C36H74N2O12P2/c1-19-43-29(39)27(49-37(35(13,14)15)31(33(7,8)9)51(41,45-21-3)46-22-4)25-26-28(30(40)44-20-2)50-38(36(16,17)18)32(34(10,11)12)52(42,47-23-5)48-24-6/h27-28,31-32H,19-26H2,1-18H3/t27-,28+,31-,32+. The van der Waals surface area contributed by atoms with Crippen LogP contribution in [0, 0.1) is 10.8 Å². The highest BCUT2D eigenvalue weighted by molar-refractivity contribution is 7.55. The normalized spacial score (nSPS) is 16.2. The van der Waals surface area contributed by atoms with Crippen molar-refractivity contribution in [3.8, 4) is 0 Å². The Morgan fingerprint density at radius 3 is 0.904 bits per heavy atom. The van der Waals surface area contributed by atoms with Gasteiger partial charge in [-0.3, -0.25) is 18.8 Å². The molecule has 0 aliphatic heterocycles. The molecule has 0 aliphatic rings. The van der Waals surface area contributed by atoms with E-state index >= 15 is 0 Å². The first-order valence-corrected chi connectivity index (χ1v) is 21.9. The third kappa shape index (κ3) is 15.3. The van der Waals surface area contributed by atoms with Crippen LogP contribution >= 0.6 is 15.2 Å². The molecule has 0 aromatic heterocycles. The second-order valence-corrected chi connectivity index (χ2v) is 20.7. The number of ether oxygens (including phenoxy) is 2. The molecule has 0 saturated carbocycles. The quantitative estimate of drug-likeness (QED) is 0.0551. The van der Waals surface area contributed by atoms with Crippen molar-refractivity contribution in [3.05, 3.63) is 0 Å². The van der Waals surface area contributed by atoms with E-state index in [0.717, 1.165) is 0 Å². The van der Waals surface area contributed by atoms with E-state index in [1.807, 2.05) is 83.1 Å². The number of hydroxylamine groups is 4. The van der Waals surface area contributed by atoms with Crippen molar-refractivity contribution in [2.24, 2.45) is 10.8 Å². The van der Waals surface area contributed by atoms with Crippen LogP contribution in [0.3, 0.4) is 0 Å². The molecule has 310 valence electrons. The molecule has 0 amide bonds. The lowest BCUT2D eigenvalue weighted by atomic mass is 9.94. The molecule has 0 aliphatic carbocycles. The second-order valence-electron chi connectivity index (χ2n) is 16.5. The van der Waals surface area contributed by atoms with Gasteiger partial charge in [0.1, 0.15) is 11.6 Å². The van der Waals surface area contributed by atoms with E-state index in [2.05, 4.69) is 0 Å². The SMILES string of the molecule is CCOC(=O)[C@H](CC[C@@H](ON([C@@H](C(C)(C)C)P(=O)(OCC)OCC)C(C)(C)C)C(=O)OCC)ON([C@H](C(C)(C)C)P(=O)(OCC)OCC)C(C)(C)C. The summed E-state index contributed by atoms with van der Waals surface area (Å²) in [5.41, 5.74) is -3.11. The molecule has 16 heteroatoms. The number of rotatable bonds is 23. The number of carbonyl (C=O) groups excluding carboxylic acids is 2. The lowest BCUT2D eigenvalue weighted by Crippen LogP contribution is -2.56. The molecule has 52 heavy (non-hydrogen) atoms. The van der Waals surface area contributed by atoms with Gasteiger partial charge in [-0.05, 0) is 107 Å². The van der Waals surface area contributed by atoms with Gasteiger partial charge in [-0.1, -0.05) is 41.5 Å². The Morgan fingerprint density at radius 1 is 0.481 bits per heavy atom. The monoisotopic (exact) mass is 788 g/mol. The minimum Gasteiger partial charge on any atom is -0.464 e. The van der Waals surface area contributed by atoms with Gasteiger partial charge < -0.3 is 27.6 Å². The largest absolute Gasteiger partial charge is 0.464 e. The average Bonchev–Trinajstić information content (AvgIpc) is 2.95. The number of carbonyl (C=O) groups is 2. The average molecular weight is 789 g/mol. The number of hydrogen-bond acceptors (Lipinski definition) is 14. The maximum Gasteiger partial charge on any atom is 0.350 e. The van der Waals surface area contributed by atoms with E-state index in [-0.39, 0.29) is 52.5 Å². The van der Waals surface area contributed by atoms with Crippen molar-refractivity contribution in [1.29, 1.82) is 0 Å². The summed E-state index contributed by atoms with van der Waals surface area (Å²) in [5, 5.41) is 3.02. The third-order valence-corrected chi connectivity index (χ3v) is 13.1. The molecule has 0 rings (SSSR count). The Labute approximate surface area is 315 Å². The van der Waals surface area contributed by atoms with Crippen LogP contribution in [0.25, 0.3) is 0 Å². The molecule has 0 radical (unpaired) electrons. The zero-order chi connectivity index (χ0) is 40.9. The Hall–Kier alpha value is -0.920. The van der Waals surface area contributed by atoms with Crippen molar-refractivity contribution >= 4 is 27.1 Å². The van der Waals surface area contributed by atoms with E-state index in [4.69, 9.17) is 37.2 Å². The van der Waals surface area contributed by atoms with Crippen LogP contribution in [0.5, 0.6) is 0 Å². The highest BCUT2D eigenvalue weighted by Crippen LogP contribution is 2.62. The number of nitrogens with zero attached hydrogens (tertiary/aromatic N) is 2. The van der Waals surface area contributed by atoms with Crippen LogP contribution < -0.4 is 0 Å². The lowest BCUT2D eigenvalue weighted by Gasteiger charge is -2.48. The van der Waals surface area contributed by atoms with Crippen LogP contribution in [0.2, 0.25) is 0 Å². The van der Waals surface area contributed by atoms with Crippen LogP contribution in [0.1, 0.15) is 137 Å². The first kappa shape index (κ1) is 51.1. The molecule has 4 atom stereocenters. The summed E-state index contributed by atoms with van der Waals surface area (Å²) in [6, 6.07) is 0. The molecule has 0 saturated heterocycles. The Balaban J connectivity index is 7.31. The van der Waals surface area contributed by atoms with Gasteiger partial charge in [0.25, 0.3) is 0 Å². The summed E-state index contributed by atoms with van der Waals surface area (Å²) in [7, 11) is -7.73. The van der Waals surface area contributed by atoms with Gasteiger partial charge in [0.05, 0.1) is 39.6 Å². The van der Waals surface area contributed by atoms with E-state index in [9.17, 15) is 18.7 Å². The zero-order valence-electron chi connectivity index (χ0n) is 35.7. The molecule has 0 N–H and O–H groups in total. The molecule has 0 fully saturated rings. The van der Waals surface area contributed by atoms with Crippen molar-refractivity contribution < 1.29 is 56.0 Å². The van der Waals surface area contributed by atoms with Crippen LogP contribution in [-0.4, -0.2) is 96.6 Å². The third-order valence-electron chi connectivity index (χ3n) is 7.42. The molecule has 0 spiro atoms. The lowest BCUT2D eigenvalue weighted by molar-refractivity contribution is -0.278. The summed E-state index contributed by atoms with van der Waals surface area (Å²) < 4.78 is 63.2. The van der Waals surface area contributed by atoms with Crippen LogP contribution in [-0.2, 0) is 56.0 Å². The van der Waals surface area contributed by atoms with E-state index < -0.39 is 72.8 Å². The predicted octanol–water partition coefficient (Wildman–Crippen LogP) is 8.97. The first-order valence-electron chi connectivity index (χ1n) is 18.7. The fraction of sp³-hybridized carbons (Fsp3) is 0.944. The Morgan fingerprint density at radius 2 is 0.731 bits per heavy atom. The van der Waals surface area contributed by atoms with Gasteiger partial charge in [-0.2, -0.15) is 10.1 Å². The van der Waals surface area contributed by atoms with Crippen molar-refractivity contribution in [2.75, 3.05) is 39.6 Å². The predicted molar refractivity (Wildman–Crippen MR) is 204 cm³/mol. The van der Waals surface area contributed by atoms with Gasteiger partial charge >= 0.3 is 27.1 Å². The van der Waals surface area contributed by atoms with E-state index in [0.29, 0.717) is 0 Å². The van der Waals surface area contributed by atoms with Gasteiger partial charge in [0.15, 0.2) is 12.2 Å². The molecule has 0 unspecified atom stereocenters. The maximum atomic E-state index is 14.5. The smallest absolute Gasteiger partial charge is 0.350 e.